The zero-order valence-corrected chi connectivity index (χ0v) is 13.7. The maximum atomic E-state index is 12.4. The second-order valence-electron chi connectivity index (χ2n) is 5.50. The molecule has 0 bridgehead atoms. The number of hydrogen-bond donors (Lipinski definition) is 2. The zero-order chi connectivity index (χ0) is 16.8. The average Bonchev–Trinajstić information content (AvgIpc) is 3.06. The SMILES string of the molecule is CCCNCCNC(=O)c1cnn2c(-c3ccccc3)ccnc12. The number of nitrogens with one attached hydrogen (secondary N) is 2. The molecule has 0 fully saturated rings. The highest BCUT2D eigenvalue weighted by atomic mass is 16.1. The van der Waals surface area contributed by atoms with Crippen molar-refractivity contribution >= 4 is 11.6 Å². The zero-order valence-electron chi connectivity index (χ0n) is 13.7. The predicted molar refractivity (Wildman–Crippen MR) is 93.9 cm³/mol. The van der Waals surface area contributed by atoms with Crippen LogP contribution < -0.4 is 10.6 Å². The second-order valence-corrected chi connectivity index (χ2v) is 5.50. The third kappa shape index (κ3) is 3.44. The van der Waals surface area contributed by atoms with E-state index in [1.807, 2.05) is 36.4 Å². The molecule has 6 nitrogen and oxygen atoms in total. The van der Waals surface area contributed by atoms with Crippen LogP contribution in [0.25, 0.3) is 16.9 Å². The fourth-order valence-corrected chi connectivity index (χ4v) is 2.54. The van der Waals surface area contributed by atoms with Crippen molar-refractivity contribution in [2.75, 3.05) is 19.6 Å². The van der Waals surface area contributed by atoms with Gasteiger partial charge in [0.1, 0.15) is 5.56 Å². The summed E-state index contributed by atoms with van der Waals surface area (Å²) >= 11 is 0. The van der Waals surface area contributed by atoms with Crippen LogP contribution in [0.4, 0.5) is 0 Å². The molecule has 2 aromatic heterocycles. The van der Waals surface area contributed by atoms with E-state index in [2.05, 4.69) is 27.6 Å². The van der Waals surface area contributed by atoms with Crippen molar-refractivity contribution in [3.63, 3.8) is 0 Å². The van der Waals surface area contributed by atoms with E-state index in [1.165, 1.54) is 0 Å². The van der Waals surface area contributed by atoms with Crippen molar-refractivity contribution in [1.29, 1.82) is 0 Å². The average molecular weight is 323 g/mol. The van der Waals surface area contributed by atoms with Crippen LogP contribution in [0.3, 0.4) is 0 Å². The van der Waals surface area contributed by atoms with Crippen LogP contribution in [-0.4, -0.2) is 40.1 Å². The number of carbonyl (C=O) groups excluding carboxylic acids is 1. The van der Waals surface area contributed by atoms with Crippen LogP contribution >= 0.6 is 0 Å². The lowest BCUT2D eigenvalue weighted by Crippen LogP contribution is -2.32. The minimum atomic E-state index is -0.152. The Balaban J connectivity index is 1.80. The molecular formula is C18H21N5O. The lowest BCUT2D eigenvalue weighted by atomic mass is 10.1. The number of carbonyl (C=O) groups is 1. The molecule has 124 valence electrons. The predicted octanol–water partition coefficient (Wildman–Crippen LogP) is 2.13. The van der Waals surface area contributed by atoms with Gasteiger partial charge in [0.2, 0.25) is 0 Å². The molecule has 24 heavy (non-hydrogen) atoms. The van der Waals surface area contributed by atoms with Crippen LogP contribution in [0.5, 0.6) is 0 Å². The van der Waals surface area contributed by atoms with Gasteiger partial charge < -0.3 is 10.6 Å². The number of aromatic nitrogens is 3. The van der Waals surface area contributed by atoms with Gasteiger partial charge in [0, 0.05) is 24.8 Å². The molecule has 1 amide bonds. The quantitative estimate of drug-likeness (QED) is 0.653. The van der Waals surface area contributed by atoms with E-state index in [4.69, 9.17) is 0 Å². The topological polar surface area (TPSA) is 71.3 Å². The molecule has 3 aromatic rings. The van der Waals surface area contributed by atoms with Crippen molar-refractivity contribution in [2.24, 2.45) is 0 Å². The Labute approximate surface area is 140 Å². The lowest BCUT2D eigenvalue weighted by Gasteiger charge is -2.06. The van der Waals surface area contributed by atoms with Crippen molar-refractivity contribution in [3.05, 3.63) is 54.4 Å². The summed E-state index contributed by atoms with van der Waals surface area (Å²) in [5.41, 5.74) is 2.99. The summed E-state index contributed by atoms with van der Waals surface area (Å²) in [6.45, 7) is 4.39. The van der Waals surface area contributed by atoms with E-state index in [-0.39, 0.29) is 5.91 Å². The summed E-state index contributed by atoms with van der Waals surface area (Å²) in [6, 6.07) is 11.8. The largest absolute Gasteiger partial charge is 0.351 e. The molecule has 0 saturated heterocycles. The van der Waals surface area contributed by atoms with Gasteiger partial charge >= 0.3 is 0 Å². The fraction of sp³-hybridized carbons (Fsp3) is 0.278. The molecule has 1 aromatic carbocycles. The van der Waals surface area contributed by atoms with Gasteiger partial charge in [-0.25, -0.2) is 9.50 Å². The monoisotopic (exact) mass is 323 g/mol. The summed E-state index contributed by atoms with van der Waals surface area (Å²) in [7, 11) is 0. The Hall–Kier alpha value is -2.73. The number of rotatable bonds is 7. The number of benzene rings is 1. The van der Waals surface area contributed by atoms with Gasteiger partial charge in [-0.3, -0.25) is 4.79 Å². The Bertz CT molecular complexity index is 813. The molecule has 0 spiro atoms. The van der Waals surface area contributed by atoms with E-state index in [1.54, 1.807) is 16.9 Å². The Kier molecular flexibility index (Phi) is 5.18. The summed E-state index contributed by atoms with van der Waals surface area (Å²) < 4.78 is 1.71. The van der Waals surface area contributed by atoms with Crippen molar-refractivity contribution < 1.29 is 4.79 Å². The molecule has 0 aliphatic heterocycles. The summed E-state index contributed by atoms with van der Waals surface area (Å²) in [6.07, 6.45) is 4.36. The van der Waals surface area contributed by atoms with E-state index < -0.39 is 0 Å². The third-order valence-corrected chi connectivity index (χ3v) is 3.73. The highest BCUT2D eigenvalue weighted by Gasteiger charge is 2.15. The van der Waals surface area contributed by atoms with Gasteiger partial charge in [0.05, 0.1) is 11.9 Å². The van der Waals surface area contributed by atoms with Gasteiger partial charge in [-0.05, 0) is 19.0 Å². The van der Waals surface area contributed by atoms with Crippen LogP contribution in [-0.2, 0) is 0 Å². The molecule has 0 radical (unpaired) electrons. The molecule has 2 heterocycles. The molecule has 2 N–H and O–H groups in total. The summed E-state index contributed by atoms with van der Waals surface area (Å²) in [4.78, 5) is 16.7. The second kappa shape index (κ2) is 7.70. The molecule has 0 saturated carbocycles. The minimum absolute atomic E-state index is 0.152. The molecule has 0 atom stereocenters. The molecule has 0 aliphatic carbocycles. The first-order valence-electron chi connectivity index (χ1n) is 8.18. The van der Waals surface area contributed by atoms with E-state index >= 15 is 0 Å². The third-order valence-electron chi connectivity index (χ3n) is 3.73. The van der Waals surface area contributed by atoms with Crippen LogP contribution in [0.1, 0.15) is 23.7 Å². The molecular weight excluding hydrogens is 302 g/mol. The Morgan fingerprint density at radius 3 is 2.75 bits per heavy atom. The first-order chi connectivity index (χ1) is 11.8. The number of amides is 1. The van der Waals surface area contributed by atoms with Gasteiger partial charge in [-0.1, -0.05) is 37.3 Å². The normalized spacial score (nSPS) is 10.9. The van der Waals surface area contributed by atoms with Gasteiger partial charge in [0.25, 0.3) is 5.91 Å². The molecule has 0 aliphatic rings. The van der Waals surface area contributed by atoms with Crippen LogP contribution in [0.15, 0.2) is 48.8 Å². The number of fused-ring (bicyclic) bond motifs is 1. The standard InChI is InChI=1S/C18H21N5O/c1-2-9-19-11-12-21-18(24)15-13-22-23-16(8-10-20-17(15)23)14-6-4-3-5-7-14/h3-8,10,13,19H,2,9,11-12H2,1H3,(H,21,24). The first-order valence-corrected chi connectivity index (χ1v) is 8.18. The van der Waals surface area contributed by atoms with Gasteiger partial charge in [-0.2, -0.15) is 5.10 Å². The van der Waals surface area contributed by atoms with Crippen LogP contribution in [0, 0.1) is 0 Å². The number of hydrogen-bond acceptors (Lipinski definition) is 4. The molecule has 0 unspecified atom stereocenters. The Morgan fingerprint density at radius 2 is 1.96 bits per heavy atom. The van der Waals surface area contributed by atoms with E-state index in [0.29, 0.717) is 17.8 Å². The summed E-state index contributed by atoms with van der Waals surface area (Å²) in [5.74, 6) is -0.152. The Morgan fingerprint density at radius 1 is 1.12 bits per heavy atom. The number of nitrogens with zero attached hydrogens (tertiary/aromatic N) is 3. The van der Waals surface area contributed by atoms with E-state index in [9.17, 15) is 4.79 Å². The molecule has 6 heteroatoms. The lowest BCUT2D eigenvalue weighted by molar-refractivity contribution is 0.0955. The van der Waals surface area contributed by atoms with Gasteiger partial charge in [0.15, 0.2) is 5.65 Å². The maximum Gasteiger partial charge on any atom is 0.256 e. The fourth-order valence-electron chi connectivity index (χ4n) is 2.54. The van der Waals surface area contributed by atoms with Crippen molar-refractivity contribution in [1.82, 2.24) is 25.2 Å². The molecule has 3 rings (SSSR count). The van der Waals surface area contributed by atoms with Crippen molar-refractivity contribution in [2.45, 2.75) is 13.3 Å². The van der Waals surface area contributed by atoms with Gasteiger partial charge in [-0.15, -0.1) is 0 Å². The smallest absolute Gasteiger partial charge is 0.256 e. The first kappa shape index (κ1) is 16.1. The highest BCUT2D eigenvalue weighted by Crippen LogP contribution is 2.20. The summed E-state index contributed by atoms with van der Waals surface area (Å²) in [5, 5.41) is 10.5. The maximum absolute atomic E-state index is 12.4. The highest BCUT2D eigenvalue weighted by molar-refractivity contribution is 5.99. The minimum Gasteiger partial charge on any atom is -0.351 e. The van der Waals surface area contributed by atoms with Crippen LogP contribution in [0.2, 0.25) is 0 Å². The van der Waals surface area contributed by atoms with E-state index in [0.717, 1.165) is 30.8 Å². The van der Waals surface area contributed by atoms with Crippen molar-refractivity contribution in [3.8, 4) is 11.3 Å².